The Morgan fingerprint density at radius 2 is 1.40 bits per heavy atom. The summed E-state index contributed by atoms with van der Waals surface area (Å²) in [4.78, 5) is 0. The molecule has 0 atom stereocenters. The lowest BCUT2D eigenvalue weighted by Crippen LogP contribution is -2.62. The van der Waals surface area contributed by atoms with Gasteiger partial charge in [0.15, 0.2) is 0 Å². The van der Waals surface area contributed by atoms with E-state index in [2.05, 4.69) is 58.1 Å². The number of nitrogens with zero attached hydrogens (tertiary/aromatic N) is 2. The highest BCUT2D eigenvalue weighted by Crippen LogP contribution is 2.26. The Bertz CT molecular complexity index is 170. The van der Waals surface area contributed by atoms with Crippen molar-refractivity contribution < 1.29 is 4.43 Å². The normalized spacial score (nSPS) is 14.8. The summed E-state index contributed by atoms with van der Waals surface area (Å²) in [6.45, 7) is 16.7. The highest BCUT2D eigenvalue weighted by Gasteiger charge is 2.35. The minimum atomic E-state index is -0.612. The maximum atomic E-state index is 5.39. The lowest BCUT2D eigenvalue weighted by Gasteiger charge is -2.51. The Morgan fingerprint density at radius 1 is 1.00 bits per heavy atom. The van der Waals surface area contributed by atoms with Crippen molar-refractivity contribution in [2.24, 2.45) is 0 Å². The molecule has 0 N–H and O–H groups in total. The fourth-order valence-corrected chi connectivity index (χ4v) is 3.74. The Hall–Kier alpha value is 0.0969. The van der Waals surface area contributed by atoms with Crippen molar-refractivity contribution in [2.45, 2.75) is 59.5 Å². The van der Waals surface area contributed by atoms with E-state index in [9.17, 15) is 0 Å². The zero-order valence-electron chi connectivity index (χ0n) is 11.7. The fraction of sp³-hybridized carbons (Fsp3) is 1.00. The van der Waals surface area contributed by atoms with Gasteiger partial charge in [0.2, 0.25) is 0 Å². The van der Waals surface area contributed by atoms with Crippen molar-refractivity contribution in [3.63, 3.8) is 0 Å². The first-order valence-corrected chi connectivity index (χ1v) is 6.89. The van der Waals surface area contributed by atoms with Crippen molar-refractivity contribution in [1.82, 2.24) is 9.68 Å². The van der Waals surface area contributed by atoms with Crippen molar-refractivity contribution in [3.05, 3.63) is 0 Å². The van der Waals surface area contributed by atoms with Gasteiger partial charge in [0.1, 0.15) is 0 Å². The summed E-state index contributed by atoms with van der Waals surface area (Å²) in [7, 11) is 1.19. The number of hydrogen-bond acceptors (Lipinski definition) is 3. The summed E-state index contributed by atoms with van der Waals surface area (Å²) in [5, 5.41) is 2.45. The molecule has 0 radical (unpaired) electrons. The summed E-state index contributed by atoms with van der Waals surface area (Å²) < 4.78 is 7.78. The van der Waals surface area contributed by atoms with Crippen molar-refractivity contribution >= 4 is 9.92 Å². The third-order valence-corrected chi connectivity index (χ3v) is 3.48. The Morgan fingerprint density at radius 3 is 1.60 bits per heavy atom. The molecule has 0 saturated carbocycles. The van der Waals surface area contributed by atoms with Gasteiger partial charge in [-0.3, -0.25) is 0 Å². The molecular weight excluding hydrogens is 204 g/mol. The monoisotopic (exact) mass is 232 g/mol. The predicted octanol–water partition coefficient (Wildman–Crippen LogP) is 1.77. The van der Waals surface area contributed by atoms with Gasteiger partial charge in [-0.2, -0.15) is 0 Å². The molecule has 4 heteroatoms. The Kier molecular flexibility index (Phi) is 5.47. The van der Waals surface area contributed by atoms with Gasteiger partial charge >= 0.3 is 0 Å². The molecule has 0 unspecified atom stereocenters. The quantitative estimate of drug-likeness (QED) is 0.543. The lowest BCUT2D eigenvalue weighted by molar-refractivity contribution is -0.102. The molecule has 0 amide bonds. The Labute approximate surface area is 97.8 Å². The number of rotatable bonds is 4. The van der Waals surface area contributed by atoms with E-state index in [0.717, 1.165) is 6.54 Å². The van der Waals surface area contributed by atoms with Crippen LogP contribution in [0.1, 0.15) is 48.5 Å². The van der Waals surface area contributed by atoms with Crippen LogP contribution in [-0.4, -0.2) is 44.3 Å². The van der Waals surface area contributed by atoms with Crippen LogP contribution >= 0.6 is 0 Å². The van der Waals surface area contributed by atoms with E-state index in [1.54, 1.807) is 7.11 Å². The van der Waals surface area contributed by atoms with Gasteiger partial charge in [-0.05, 0) is 41.5 Å². The topological polar surface area (TPSA) is 15.7 Å². The van der Waals surface area contributed by atoms with Crippen molar-refractivity contribution in [2.75, 3.05) is 13.7 Å². The van der Waals surface area contributed by atoms with E-state index in [4.69, 9.17) is 4.43 Å². The Balaban J connectivity index is 4.92. The predicted molar refractivity (Wildman–Crippen MR) is 69.3 cm³/mol. The van der Waals surface area contributed by atoms with E-state index in [-0.39, 0.29) is 11.1 Å². The van der Waals surface area contributed by atoms with Crippen LogP contribution in [0.25, 0.3) is 0 Å². The van der Waals surface area contributed by atoms with E-state index < -0.39 is 9.92 Å². The van der Waals surface area contributed by atoms with Crippen LogP contribution in [0.5, 0.6) is 0 Å². The first kappa shape index (κ1) is 15.1. The molecular formula is C11H28N2OSi. The van der Waals surface area contributed by atoms with Crippen LogP contribution in [0.2, 0.25) is 0 Å². The maximum absolute atomic E-state index is 5.39. The molecule has 0 fully saturated rings. The van der Waals surface area contributed by atoms with Crippen LogP contribution in [0.15, 0.2) is 0 Å². The van der Waals surface area contributed by atoms with E-state index in [1.807, 2.05) is 0 Å². The van der Waals surface area contributed by atoms with Gasteiger partial charge in [0.25, 0.3) is 9.92 Å². The highest BCUT2D eigenvalue weighted by atomic mass is 28.2. The summed E-state index contributed by atoms with van der Waals surface area (Å²) >= 11 is 0. The summed E-state index contributed by atoms with van der Waals surface area (Å²) in [6, 6.07) is 0. The molecule has 3 nitrogen and oxygen atoms in total. The van der Waals surface area contributed by atoms with Gasteiger partial charge < -0.3 is 4.43 Å². The lowest BCUT2D eigenvalue weighted by atomic mass is 9.99. The first-order chi connectivity index (χ1) is 6.64. The van der Waals surface area contributed by atoms with Crippen LogP contribution < -0.4 is 0 Å². The molecule has 0 saturated heterocycles. The van der Waals surface area contributed by atoms with Gasteiger partial charge in [-0.1, -0.05) is 6.92 Å². The fourth-order valence-electron chi connectivity index (χ4n) is 2.29. The van der Waals surface area contributed by atoms with Crippen molar-refractivity contribution in [3.8, 4) is 0 Å². The first-order valence-electron chi connectivity index (χ1n) is 5.68. The van der Waals surface area contributed by atoms with Gasteiger partial charge in [0, 0.05) is 24.7 Å². The van der Waals surface area contributed by atoms with Crippen LogP contribution in [0, 0.1) is 0 Å². The number of hydrogen-bond donors (Lipinski definition) is 0. The second kappa shape index (κ2) is 5.43. The van der Waals surface area contributed by atoms with Crippen LogP contribution in [-0.2, 0) is 4.43 Å². The van der Waals surface area contributed by atoms with Crippen LogP contribution in [0.3, 0.4) is 0 Å². The van der Waals surface area contributed by atoms with E-state index >= 15 is 0 Å². The largest absolute Gasteiger partial charge is 0.410 e. The molecule has 0 aliphatic carbocycles. The average Bonchev–Trinajstić information content (AvgIpc) is 1.98. The second-order valence-corrected chi connectivity index (χ2v) is 7.46. The minimum absolute atomic E-state index is 0.139. The summed E-state index contributed by atoms with van der Waals surface area (Å²) in [5.74, 6) is 0. The van der Waals surface area contributed by atoms with E-state index in [0.29, 0.717) is 0 Å². The molecule has 0 aromatic heterocycles. The number of hydrazine groups is 1. The summed E-state index contributed by atoms with van der Waals surface area (Å²) in [6.07, 6.45) is 0. The average molecular weight is 232 g/mol. The molecule has 0 rings (SSSR count). The molecule has 0 aromatic carbocycles. The zero-order valence-corrected chi connectivity index (χ0v) is 13.1. The zero-order chi connectivity index (χ0) is 12.3. The molecule has 15 heavy (non-hydrogen) atoms. The van der Waals surface area contributed by atoms with Gasteiger partial charge in [-0.25, -0.2) is 9.68 Å². The third-order valence-electron chi connectivity index (χ3n) is 2.20. The maximum Gasteiger partial charge on any atom is 0.251 e. The molecule has 0 heterocycles. The minimum Gasteiger partial charge on any atom is -0.410 e. The second-order valence-electron chi connectivity index (χ2n) is 5.89. The SMILES string of the molecule is CCN([SiH2]OC)N(C(C)(C)C)C(C)(C)C. The summed E-state index contributed by atoms with van der Waals surface area (Å²) in [5.41, 5.74) is 0.277. The van der Waals surface area contributed by atoms with Crippen LogP contribution in [0.4, 0.5) is 0 Å². The smallest absolute Gasteiger partial charge is 0.251 e. The van der Waals surface area contributed by atoms with Gasteiger partial charge in [0.05, 0.1) is 0 Å². The molecule has 0 aliphatic heterocycles. The highest BCUT2D eigenvalue weighted by molar-refractivity contribution is 6.22. The standard InChI is InChI=1S/C11H28N2OSi/c1-9-12(15-14-8)13(10(2,3)4)11(5,6)7/h9,15H2,1-8H3. The molecule has 92 valence electrons. The molecule has 0 bridgehead atoms. The van der Waals surface area contributed by atoms with Crippen molar-refractivity contribution in [1.29, 1.82) is 0 Å². The van der Waals surface area contributed by atoms with E-state index in [1.165, 1.54) is 0 Å². The third kappa shape index (κ3) is 4.63. The molecule has 0 aliphatic rings. The van der Waals surface area contributed by atoms with Gasteiger partial charge in [-0.15, -0.1) is 0 Å². The molecule has 0 spiro atoms. The molecule has 0 aromatic rings.